The van der Waals surface area contributed by atoms with E-state index in [0.717, 1.165) is 16.8 Å². The van der Waals surface area contributed by atoms with E-state index in [1.807, 2.05) is 6.07 Å². The van der Waals surface area contributed by atoms with Crippen molar-refractivity contribution in [3.05, 3.63) is 59.4 Å². The van der Waals surface area contributed by atoms with E-state index >= 15 is 0 Å². The van der Waals surface area contributed by atoms with Crippen LogP contribution in [-0.2, 0) is 11.3 Å². The van der Waals surface area contributed by atoms with Crippen LogP contribution in [0.1, 0.15) is 16.8 Å². The van der Waals surface area contributed by atoms with Crippen molar-refractivity contribution in [2.45, 2.75) is 6.61 Å². The maximum atomic E-state index is 12.4. The first-order valence-electron chi connectivity index (χ1n) is 7.22. The number of alkyl halides is 1. The molecule has 0 spiro atoms. The largest absolute Gasteiger partial charge is 0.508 e. The molecule has 0 radical (unpaired) electrons. The normalized spacial score (nSPS) is 11.6. The number of aromatic nitrogens is 1. The summed E-state index contributed by atoms with van der Waals surface area (Å²) in [5, 5.41) is 18.1. The fourth-order valence-corrected chi connectivity index (χ4v) is 1.75. The fourth-order valence-electron chi connectivity index (χ4n) is 1.75. The number of benzene rings is 1. The smallest absolute Gasteiger partial charge is 0.115 e. The third-order valence-electron chi connectivity index (χ3n) is 3.12. The number of ether oxygens (including phenoxy) is 1. The fraction of sp³-hybridized carbons (Fsp3) is 0.278. The number of rotatable bonds is 6. The minimum Gasteiger partial charge on any atom is -0.508 e. The molecular formula is C18H18FNO3. The van der Waals surface area contributed by atoms with Crippen molar-refractivity contribution in [3.63, 3.8) is 0 Å². The van der Waals surface area contributed by atoms with Crippen LogP contribution in [0.4, 0.5) is 4.39 Å². The zero-order valence-electron chi connectivity index (χ0n) is 12.6. The zero-order valence-corrected chi connectivity index (χ0v) is 12.6. The predicted molar refractivity (Wildman–Crippen MR) is 84.5 cm³/mol. The second-order valence-corrected chi connectivity index (χ2v) is 5.05. The molecule has 0 amide bonds. The Labute approximate surface area is 134 Å². The third-order valence-corrected chi connectivity index (χ3v) is 3.12. The first kappa shape index (κ1) is 16.9. The molecule has 23 heavy (non-hydrogen) atoms. The quantitative estimate of drug-likeness (QED) is 0.803. The number of pyridine rings is 1. The van der Waals surface area contributed by atoms with Gasteiger partial charge in [0, 0.05) is 23.2 Å². The number of nitrogens with zero attached hydrogens (tertiary/aromatic N) is 1. The second-order valence-electron chi connectivity index (χ2n) is 5.05. The molecule has 1 atom stereocenters. The van der Waals surface area contributed by atoms with Gasteiger partial charge in [0.1, 0.15) is 5.75 Å². The van der Waals surface area contributed by atoms with Gasteiger partial charge in [-0.1, -0.05) is 11.8 Å². The minimum absolute atomic E-state index is 0.164. The van der Waals surface area contributed by atoms with E-state index in [9.17, 15) is 9.50 Å². The maximum Gasteiger partial charge on any atom is 0.115 e. The molecule has 0 bridgehead atoms. The van der Waals surface area contributed by atoms with Crippen molar-refractivity contribution < 1.29 is 19.3 Å². The number of phenolic OH excluding ortho intramolecular Hbond substituents is 1. The van der Waals surface area contributed by atoms with E-state index in [2.05, 4.69) is 16.8 Å². The van der Waals surface area contributed by atoms with E-state index in [4.69, 9.17) is 9.84 Å². The Hall–Kier alpha value is -2.42. The molecule has 4 nitrogen and oxygen atoms in total. The highest BCUT2D eigenvalue weighted by atomic mass is 18.2. The van der Waals surface area contributed by atoms with Gasteiger partial charge >= 0.3 is 0 Å². The molecule has 0 aliphatic heterocycles. The molecule has 0 saturated heterocycles. The van der Waals surface area contributed by atoms with Crippen molar-refractivity contribution in [1.82, 2.24) is 4.98 Å². The molecule has 2 N–H and O–H groups in total. The Morgan fingerprint density at radius 1 is 1.09 bits per heavy atom. The van der Waals surface area contributed by atoms with Crippen LogP contribution in [-0.4, -0.2) is 35.1 Å². The molecule has 0 saturated carbocycles. The van der Waals surface area contributed by atoms with Crippen molar-refractivity contribution in [2.75, 3.05) is 19.9 Å². The lowest BCUT2D eigenvalue weighted by atomic mass is 10.2. The Balaban J connectivity index is 1.88. The lowest BCUT2D eigenvalue weighted by Gasteiger charge is -2.09. The highest BCUT2D eigenvalue weighted by Gasteiger charge is 2.06. The van der Waals surface area contributed by atoms with Crippen LogP contribution in [0.2, 0.25) is 0 Å². The van der Waals surface area contributed by atoms with Gasteiger partial charge in [-0.3, -0.25) is 9.37 Å². The van der Waals surface area contributed by atoms with Crippen LogP contribution in [0, 0.1) is 17.8 Å². The number of hydrogen-bond donors (Lipinski definition) is 2. The van der Waals surface area contributed by atoms with Crippen LogP contribution >= 0.6 is 0 Å². The summed E-state index contributed by atoms with van der Waals surface area (Å²) in [4.78, 5) is 4.23. The van der Waals surface area contributed by atoms with E-state index in [-0.39, 0.29) is 25.6 Å². The number of aromatic hydroxyl groups is 1. The number of aliphatic hydroxyl groups excluding tert-OH is 1. The van der Waals surface area contributed by atoms with Crippen molar-refractivity contribution >= 4 is 0 Å². The molecule has 120 valence electrons. The summed E-state index contributed by atoms with van der Waals surface area (Å²) in [6, 6.07) is 10.3. The highest BCUT2D eigenvalue weighted by Crippen LogP contribution is 2.09. The Morgan fingerprint density at radius 3 is 2.39 bits per heavy atom. The van der Waals surface area contributed by atoms with Crippen LogP contribution in [0.15, 0.2) is 42.6 Å². The van der Waals surface area contributed by atoms with Crippen molar-refractivity contribution in [3.8, 4) is 17.6 Å². The van der Waals surface area contributed by atoms with Gasteiger partial charge in [-0.2, -0.15) is 0 Å². The topological polar surface area (TPSA) is 62.6 Å². The molecule has 1 aromatic carbocycles. The molecule has 5 heteroatoms. The summed E-state index contributed by atoms with van der Waals surface area (Å²) in [7, 11) is 0. The molecule has 1 unspecified atom stereocenters. The number of phenols is 1. The Kier molecular flexibility index (Phi) is 6.55. The van der Waals surface area contributed by atoms with Crippen LogP contribution in [0.5, 0.6) is 5.75 Å². The van der Waals surface area contributed by atoms with Gasteiger partial charge in [-0.15, -0.1) is 0 Å². The molecule has 0 fully saturated rings. The van der Waals surface area contributed by atoms with Crippen LogP contribution in [0.3, 0.4) is 0 Å². The minimum atomic E-state index is -0.601. The zero-order chi connectivity index (χ0) is 16.5. The summed E-state index contributed by atoms with van der Waals surface area (Å²) >= 11 is 0. The van der Waals surface area contributed by atoms with E-state index in [0.29, 0.717) is 0 Å². The highest BCUT2D eigenvalue weighted by molar-refractivity contribution is 5.43. The predicted octanol–water partition coefficient (Wildman–Crippen LogP) is 2.28. The third kappa shape index (κ3) is 5.70. The van der Waals surface area contributed by atoms with Gasteiger partial charge < -0.3 is 14.9 Å². The molecule has 0 aliphatic rings. The van der Waals surface area contributed by atoms with Crippen molar-refractivity contribution in [1.29, 1.82) is 0 Å². The average molecular weight is 314 g/mol. The number of halogens is 1. The first-order valence-corrected chi connectivity index (χ1v) is 7.22. The molecule has 0 aliphatic carbocycles. The molecule has 1 heterocycles. The second kappa shape index (κ2) is 8.89. The summed E-state index contributed by atoms with van der Waals surface area (Å²) in [6.07, 6.45) is 1.64. The summed E-state index contributed by atoms with van der Waals surface area (Å²) < 4.78 is 17.7. The Bertz CT molecular complexity index is 655. The molecule has 1 aromatic heterocycles. The van der Waals surface area contributed by atoms with Crippen LogP contribution in [0.25, 0.3) is 0 Å². The molecular weight excluding hydrogens is 296 g/mol. The Morgan fingerprint density at radius 2 is 1.78 bits per heavy atom. The first-order chi connectivity index (χ1) is 11.2. The van der Waals surface area contributed by atoms with Gasteiger partial charge in [0.2, 0.25) is 0 Å². The lowest BCUT2D eigenvalue weighted by Crippen LogP contribution is -2.16. The number of hydrogen-bond acceptors (Lipinski definition) is 4. The van der Waals surface area contributed by atoms with Crippen molar-refractivity contribution in [2.24, 2.45) is 5.92 Å². The lowest BCUT2D eigenvalue weighted by molar-refractivity contribution is 0.0513. The van der Waals surface area contributed by atoms with E-state index < -0.39 is 12.6 Å². The molecule has 2 rings (SSSR count). The summed E-state index contributed by atoms with van der Waals surface area (Å²) in [5.74, 6) is 5.69. The van der Waals surface area contributed by atoms with Gasteiger partial charge in [-0.05, 0) is 36.4 Å². The van der Waals surface area contributed by atoms with E-state index in [1.54, 1.807) is 36.5 Å². The summed E-state index contributed by atoms with van der Waals surface area (Å²) in [5.41, 5.74) is 2.28. The van der Waals surface area contributed by atoms with Crippen LogP contribution < -0.4 is 0 Å². The van der Waals surface area contributed by atoms with Gasteiger partial charge in [-0.25, -0.2) is 0 Å². The monoisotopic (exact) mass is 314 g/mol. The van der Waals surface area contributed by atoms with Gasteiger partial charge in [0.25, 0.3) is 0 Å². The standard InChI is InChI=1S/C18H18FNO3/c19-9-16(11-21)12-23-13-17-6-3-15(10-20-17)2-1-14-4-7-18(22)8-5-14/h3-8,10,16,21-22H,9,11-13H2/i19-1. The average Bonchev–Trinajstić information content (AvgIpc) is 2.59. The maximum absolute atomic E-state index is 12.4. The van der Waals surface area contributed by atoms with Gasteiger partial charge in [0.15, 0.2) is 0 Å². The molecule has 2 aromatic rings. The van der Waals surface area contributed by atoms with E-state index in [1.165, 1.54) is 0 Å². The number of aliphatic hydroxyl groups is 1. The van der Waals surface area contributed by atoms with Gasteiger partial charge in [0.05, 0.1) is 32.2 Å². The summed E-state index contributed by atoms with van der Waals surface area (Å²) in [6.45, 7) is -0.398. The SMILES string of the molecule is OCC(C[18F])COCc1ccc(C#Cc2ccc(O)cc2)cn1.